The van der Waals surface area contributed by atoms with E-state index in [-0.39, 0.29) is 61.1 Å². The topological polar surface area (TPSA) is 362 Å². The van der Waals surface area contributed by atoms with Crippen LogP contribution >= 0.6 is 0 Å². The maximum atomic E-state index is 10.6. The smallest absolute Gasteiger partial charge is 0.550 e. The van der Waals surface area contributed by atoms with Crippen LogP contribution in [0.5, 0.6) is 0 Å². The Morgan fingerprint density at radius 2 is 0.781 bits per heavy atom. The third-order valence-corrected chi connectivity index (χ3v) is 2.17. The van der Waals surface area contributed by atoms with E-state index in [1.165, 1.54) is 0 Å². The summed E-state index contributed by atoms with van der Waals surface area (Å²) in [5.74, 6) is -5.99. The van der Waals surface area contributed by atoms with E-state index >= 15 is 0 Å². The van der Waals surface area contributed by atoms with E-state index in [9.17, 15) is 19.2 Å². The number of carboxylic acid groups (broad SMARTS) is 5. The van der Waals surface area contributed by atoms with Gasteiger partial charge in [-0.1, -0.05) is 0 Å². The maximum Gasteiger partial charge on any atom is 1.00 e. The van der Waals surface area contributed by atoms with Crippen LogP contribution in [0.4, 0.5) is 0 Å². The van der Waals surface area contributed by atoms with E-state index in [1.807, 2.05) is 0 Å². The predicted molar refractivity (Wildman–Crippen MR) is 102 cm³/mol. The fraction of sp³-hybridized carbons (Fsp3) is 0.583. The molecule has 0 heterocycles. The Balaban J connectivity index is -0.0000000899. The van der Waals surface area contributed by atoms with Crippen LogP contribution in [0.2, 0.25) is 0 Å². The normalized spacial score (nSPS) is 8.31. The molecule has 0 aromatic heterocycles. The van der Waals surface area contributed by atoms with Gasteiger partial charge in [0.15, 0.2) is 0 Å². The molecule has 0 radical (unpaired) electrons. The average Bonchev–Trinajstić information content (AvgIpc) is 2.40. The second kappa shape index (κ2) is 29.1. The van der Waals surface area contributed by atoms with Gasteiger partial charge in [0.25, 0.3) is 0 Å². The van der Waals surface area contributed by atoms with Crippen LogP contribution in [0.25, 0.3) is 0 Å². The van der Waals surface area contributed by atoms with Crippen LogP contribution in [0.3, 0.4) is 0 Å². The van der Waals surface area contributed by atoms with Crippen molar-refractivity contribution in [3.05, 3.63) is 0 Å². The molecule has 0 rings (SSSR count). The molecular formula is C12H31BN5NaO13. The fourth-order valence-corrected chi connectivity index (χ4v) is 1.48. The zero-order valence-corrected chi connectivity index (χ0v) is 19.9. The van der Waals surface area contributed by atoms with Crippen LogP contribution in [0.15, 0.2) is 0 Å². The van der Waals surface area contributed by atoms with Gasteiger partial charge in [-0.05, 0) is 6.92 Å². The summed E-state index contributed by atoms with van der Waals surface area (Å²) in [7, 11) is -2.17. The third-order valence-electron chi connectivity index (χ3n) is 2.17. The number of rotatable bonds is 11. The second-order valence-corrected chi connectivity index (χ2v) is 4.83. The molecule has 0 saturated heterocycles. The summed E-state index contributed by atoms with van der Waals surface area (Å²) in [4.78, 5) is 53.3. The number of carbonyl (C=O) groups is 5. The maximum absolute atomic E-state index is 10.6. The van der Waals surface area contributed by atoms with Gasteiger partial charge in [0.1, 0.15) is 0 Å². The Labute approximate surface area is 205 Å². The standard InChI is InChI=1S/C10H16N2O8.C2H4O2.BH3O3.3H3N.Na/c13-7(14)3-11(4-8(15)16)1-2-12(5-9(17)18)6-10(19)20;1-2(3)4;2-1(3)4;;;;/h1-6H2,(H,13,14)(H,15,16)(H,17,18)(H,19,20);1H3,(H,3,4);2-4H;3*1H3;/q;;;;;;+1/p-1. The van der Waals surface area contributed by atoms with Crippen molar-refractivity contribution in [3.63, 3.8) is 0 Å². The fourth-order valence-electron chi connectivity index (χ4n) is 1.48. The average molecular weight is 487 g/mol. The number of carboxylic acids is 5. The number of carbonyl (C=O) groups excluding carboxylic acids is 1. The summed E-state index contributed by atoms with van der Waals surface area (Å²) in [6, 6.07) is 0. The summed E-state index contributed by atoms with van der Waals surface area (Å²) in [6.45, 7) is -1.28. The Hall–Kier alpha value is -1.91. The summed E-state index contributed by atoms with van der Waals surface area (Å²) in [5, 5.41) is 64.9. The van der Waals surface area contributed by atoms with Gasteiger partial charge in [0, 0.05) is 19.1 Å². The molecule has 0 amide bonds. The SMILES string of the molecule is CC(=O)[O-].N.N.N.O=C(O)CN(CCN(CC(=O)O)CC(=O)O)CC(=O)O.OB(O)O.[Na+]. The van der Waals surface area contributed by atoms with E-state index in [2.05, 4.69) is 0 Å². The summed E-state index contributed by atoms with van der Waals surface area (Å²) in [5.41, 5.74) is 0. The molecule has 0 aliphatic carbocycles. The largest absolute Gasteiger partial charge is 1.00 e. The third kappa shape index (κ3) is 56.6. The molecule has 0 aromatic rings. The molecule has 186 valence electrons. The summed E-state index contributed by atoms with van der Waals surface area (Å²) < 4.78 is 0. The molecule has 0 spiro atoms. The van der Waals surface area contributed by atoms with E-state index < -0.39 is 63.3 Å². The van der Waals surface area contributed by atoms with Crippen LogP contribution < -0.4 is 53.1 Å². The van der Waals surface area contributed by atoms with E-state index in [0.29, 0.717) is 0 Å². The molecule has 0 unspecified atom stereocenters. The van der Waals surface area contributed by atoms with Crippen molar-refractivity contribution in [2.45, 2.75) is 6.92 Å². The van der Waals surface area contributed by atoms with Crippen molar-refractivity contribution in [1.29, 1.82) is 0 Å². The summed E-state index contributed by atoms with van der Waals surface area (Å²) in [6.07, 6.45) is 0. The van der Waals surface area contributed by atoms with Crippen LogP contribution in [0, 0.1) is 0 Å². The van der Waals surface area contributed by atoms with Crippen LogP contribution in [-0.4, -0.2) is 122 Å². The first-order valence-corrected chi connectivity index (χ1v) is 7.21. The minimum atomic E-state index is -2.17. The number of aliphatic carboxylic acids is 5. The molecule has 0 aliphatic heterocycles. The number of nitrogens with zero attached hydrogens (tertiary/aromatic N) is 2. The van der Waals surface area contributed by atoms with E-state index in [1.54, 1.807) is 0 Å². The molecule has 0 atom stereocenters. The van der Waals surface area contributed by atoms with Gasteiger partial charge in [0.2, 0.25) is 0 Å². The molecule has 0 aromatic carbocycles. The van der Waals surface area contributed by atoms with Crippen LogP contribution in [0.1, 0.15) is 6.92 Å². The molecule has 0 fully saturated rings. The molecule has 0 aliphatic rings. The second-order valence-electron chi connectivity index (χ2n) is 4.83. The first kappa shape index (κ1) is 47.8. The van der Waals surface area contributed by atoms with Crippen molar-refractivity contribution < 1.29 is 94.1 Å². The Bertz CT molecular complexity index is 455. The molecule has 18 nitrogen and oxygen atoms in total. The van der Waals surface area contributed by atoms with Gasteiger partial charge < -0.3 is 63.9 Å². The van der Waals surface area contributed by atoms with Crippen molar-refractivity contribution in [1.82, 2.24) is 28.3 Å². The molecule has 0 saturated carbocycles. The van der Waals surface area contributed by atoms with Gasteiger partial charge in [-0.25, -0.2) is 0 Å². The van der Waals surface area contributed by atoms with Gasteiger partial charge in [0.05, 0.1) is 26.2 Å². The number of hydrogen-bond donors (Lipinski definition) is 10. The van der Waals surface area contributed by atoms with Crippen molar-refractivity contribution in [2.75, 3.05) is 39.3 Å². The van der Waals surface area contributed by atoms with Gasteiger partial charge in [-0.2, -0.15) is 0 Å². The quantitative estimate of drug-likeness (QED) is 0.121. The first-order chi connectivity index (χ1) is 12.7. The van der Waals surface area contributed by atoms with Crippen molar-refractivity contribution >= 4 is 37.2 Å². The Kier molecular flexibility index (Phi) is 43.4. The van der Waals surface area contributed by atoms with Gasteiger partial charge in [-0.3, -0.25) is 29.0 Å². The van der Waals surface area contributed by atoms with E-state index in [4.69, 9.17) is 45.4 Å². The molecule has 0 bridgehead atoms. The molecular weight excluding hydrogens is 456 g/mol. The molecule has 16 N–H and O–H groups in total. The Morgan fingerprint density at radius 3 is 0.875 bits per heavy atom. The molecule has 32 heavy (non-hydrogen) atoms. The first-order valence-electron chi connectivity index (χ1n) is 7.21. The number of hydrogen-bond acceptors (Lipinski definition) is 14. The molecule has 20 heteroatoms. The van der Waals surface area contributed by atoms with Gasteiger partial charge in [-0.15, -0.1) is 0 Å². The summed E-state index contributed by atoms with van der Waals surface area (Å²) >= 11 is 0. The Morgan fingerprint density at radius 1 is 0.656 bits per heavy atom. The zero-order valence-electron chi connectivity index (χ0n) is 17.9. The van der Waals surface area contributed by atoms with Gasteiger partial charge >= 0.3 is 60.8 Å². The minimum Gasteiger partial charge on any atom is -0.550 e. The zero-order chi connectivity index (χ0) is 22.9. The van der Waals surface area contributed by atoms with E-state index in [0.717, 1.165) is 16.7 Å². The minimum absolute atomic E-state index is 0. The van der Waals surface area contributed by atoms with Crippen LogP contribution in [-0.2, 0) is 24.0 Å². The van der Waals surface area contributed by atoms with Crippen molar-refractivity contribution in [3.8, 4) is 0 Å². The van der Waals surface area contributed by atoms with Crippen molar-refractivity contribution in [2.24, 2.45) is 0 Å². The monoisotopic (exact) mass is 487 g/mol. The predicted octanol–water partition coefficient (Wildman–Crippen LogP) is -7.88.